The quantitative estimate of drug-likeness (QED) is 0.173. The Morgan fingerprint density at radius 3 is 0.964 bits per heavy atom. The Morgan fingerprint density at radius 2 is 0.679 bits per heavy atom. The Kier molecular flexibility index (Phi) is 18.0. The van der Waals surface area contributed by atoms with Crippen LogP contribution in [-0.2, 0) is 33.5 Å². The number of hydrogen-bond acceptors (Lipinski definition) is 7. The second kappa shape index (κ2) is 19.0. The van der Waals surface area contributed by atoms with Crippen LogP contribution in [0.4, 0.5) is 0 Å². The van der Waals surface area contributed by atoms with Crippen LogP contribution in [0, 0.1) is 21.7 Å². The Balaban J connectivity index is 6.99. The average molecular weight is 794 g/mol. The smallest absolute Gasteiger partial charge is 0.326 e. The summed E-state index contributed by atoms with van der Waals surface area (Å²) in [6, 6.07) is -1.47. The maximum atomic E-state index is 14.6. The lowest BCUT2D eigenvalue weighted by Crippen LogP contribution is -2.60. The highest BCUT2D eigenvalue weighted by molar-refractivity contribution is 5.92. The first kappa shape index (κ1) is 52.8. The highest BCUT2D eigenvalue weighted by Crippen LogP contribution is 2.30. The van der Waals surface area contributed by atoms with E-state index >= 15 is 0 Å². The van der Waals surface area contributed by atoms with Crippen LogP contribution >= 0.6 is 0 Å². The molecule has 0 radical (unpaired) electrons. The van der Waals surface area contributed by atoms with E-state index in [0.29, 0.717) is 0 Å². The summed E-state index contributed by atoms with van der Waals surface area (Å²) in [5, 5.41) is 0. The molecule has 12 heteroatoms. The number of rotatable bonds is 14. The molecular weight excluding hydrogens is 711 g/mol. The molecule has 0 spiro atoms. The molecule has 0 rings (SSSR count). The molecule has 0 bridgehead atoms. The molecule has 0 saturated heterocycles. The van der Waals surface area contributed by atoms with E-state index in [4.69, 9.17) is 4.74 Å². The second-order valence-corrected chi connectivity index (χ2v) is 22.1. The molecule has 0 aromatic carbocycles. The highest BCUT2D eigenvalue weighted by Gasteiger charge is 2.41. The van der Waals surface area contributed by atoms with Gasteiger partial charge < -0.3 is 29.2 Å². The predicted octanol–water partition coefficient (Wildman–Crippen LogP) is 7.03. The lowest BCUT2D eigenvalue weighted by Gasteiger charge is -2.44. The van der Waals surface area contributed by atoms with Crippen molar-refractivity contribution in [3.8, 4) is 0 Å². The van der Waals surface area contributed by atoms with Crippen LogP contribution in [0.1, 0.15) is 159 Å². The van der Waals surface area contributed by atoms with E-state index in [-0.39, 0.29) is 62.0 Å². The molecule has 0 aromatic rings. The van der Waals surface area contributed by atoms with Gasteiger partial charge in [-0.25, -0.2) is 0 Å². The fourth-order valence-corrected chi connectivity index (χ4v) is 5.86. The number of esters is 1. The number of carbonyl (C=O) groups is 6. The monoisotopic (exact) mass is 794 g/mol. The summed E-state index contributed by atoms with van der Waals surface area (Å²) < 4.78 is 5.59. The maximum Gasteiger partial charge on any atom is 0.326 e. The molecule has 0 aromatic heterocycles. The fraction of sp³-hybridized carbons (Fsp3) is 0.864. The minimum Gasteiger partial charge on any atom is -0.459 e. The van der Waals surface area contributed by atoms with E-state index in [9.17, 15) is 28.8 Å². The van der Waals surface area contributed by atoms with Crippen molar-refractivity contribution in [1.82, 2.24) is 24.5 Å². The molecule has 0 unspecified atom stereocenters. The molecule has 0 aliphatic heterocycles. The fourth-order valence-electron chi connectivity index (χ4n) is 5.86. The molecule has 0 fully saturated rings. The zero-order valence-corrected chi connectivity index (χ0v) is 39.9. The Morgan fingerprint density at radius 1 is 0.411 bits per heavy atom. The van der Waals surface area contributed by atoms with Crippen LogP contribution < -0.4 is 0 Å². The zero-order valence-electron chi connectivity index (χ0n) is 39.9. The van der Waals surface area contributed by atoms with Crippen molar-refractivity contribution in [1.29, 1.82) is 0 Å². The summed E-state index contributed by atoms with van der Waals surface area (Å²) in [5.74, 6) is -2.42. The van der Waals surface area contributed by atoms with Crippen molar-refractivity contribution >= 4 is 35.5 Å². The van der Waals surface area contributed by atoms with Gasteiger partial charge in [0, 0.05) is 36.6 Å². The van der Waals surface area contributed by atoms with E-state index in [0.717, 1.165) is 0 Å². The minimum absolute atomic E-state index is 0.193. The summed E-state index contributed by atoms with van der Waals surface area (Å²) in [5.41, 5.74) is -3.13. The van der Waals surface area contributed by atoms with Crippen molar-refractivity contribution in [2.45, 2.75) is 195 Å². The van der Waals surface area contributed by atoms with Gasteiger partial charge in [0.05, 0.1) is 0 Å². The standard InChI is InChI=1S/C44H83N5O7/c1-29(39(6,7)8)45(33(5)50)24-34(51)47(31(3)41(12,13)14)26-37(54)49(43(18,19)20)27-36(53)46(30(2)40(9,10)11)25-35(52)48(32(4)42(15,16)17)28-38(55)56-44(21,22)23/h29-32H,24-28H2,1-23H3/t29-,30-,31-,32-/m0/s1. The topological polar surface area (TPSA) is 128 Å². The third-order valence-electron chi connectivity index (χ3n) is 11.3. The number of hydrogen-bond donors (Lipinski definition) is 0. The summed E-state index contributed by atoms with van der Waals surface area (Å²) in [6.45, 7) is 42.3. The predicted molar refractivity (Wildman–Crippen MR) is 226 cm³/mol. The molecule has 56 heavy (non-hydrogen) atoms. The van der Waals surface area contributed by atoms with Crippen LogP contribution in [0.2, 0.25) is 0 Å². The number of ether oxygens (including phenoxy) is 1. The summed E-state index contributed by atoms with van der Waals surface area (Å²) in [4.78, 5) is 91.0. The molecule has 0 heterocycles. The van der Waals surface area contributed by atoms with Gasteiger partial charge >= 0.3 is 5.97 Å². The Hall–Kier alpha value is -3.18. The first-order valence-electron chi connectivity index (χ1n) is 20.3. The van der Waals surface area contributed by atoms with E-state index in [1.807, 2.05) is 132 Å². The largest absolute Gasteiger partial charge is 0.459 e. The Bertz CT molecular complexity index is 1380. The SMILES string of the molecule is CC(=O)N(CC(=O)N(CC(=O)N(CC(=O)N(CC(=O)N(CC(=O)OC(C)(C)C)[C@@H](C)C(C)(C)C)[C@@H](C)C(C)(C)C)C(C)(C)C)[C@@H](C)C(C)(C)C)[C@@H](C)C(C)(C)C. The third-order valence-corrected chi connectivity index (χ3v) is 11.3. The molecule has 12 nitrogen and oxygen atoms in total. The van der Waals surface area contributed by atoms with E-state index in [1.165, 1.54) is 26.5 Å². The van der Waals surface area contributed by atoms with Gasteiger partial charge in [0.1, 0.15) is 38.3 Å². The van der Waals surface area contributed by atoms with Gasteiger partial charge in [-0.3, -0.25) is 28.8 Å². The molecule has 0 saturated carbocycles. The van der Waals surface area contributed by atoms with Crippen LogP contribution in [-0.4, -0.2) is 128 Å². The van der Waals surface area contributed by atoms with E-state index in [2.05, 4.69) is 0 Å². The third kappa shape index (κ3) is 16.4. The van der Waals surface area contributed by atoms with Gasteiger partial charge in [0.2, 0.25) is 29.5 Å². The van der Waals surface area contributed by atoms with Gasteiger partial charge in [-0.1, -0.05) is 83.1 Å². The first-order chi connectivity index (χ1) is 24.6. The van der Waals surface area contributed by atoms with E-state index < -0.39 is 63.2 Å². The molecular formula is C44H83N5O7. The van der Waals surface area contributed by atoms with Gasteiger partial charge in [-0.05, 0) is 90.9 Å². The van der Waals surface area contributed by atoms with Gasteiger partial charge in [-0.15, -0.1) is 0 Å². The normalized spacial score (nSPS) is 15.2. The van der Waals surface area contributed by atoms with Gasteiger partial charge in [-0.2, -0.15) is 0 Å². The Labute approximate surface area is 341 Å². The van der Waals surface area contributed by atoms with Gasteiger partial charge in [0.25, 0.3) is 0 Å². The van der Waals surface area contributed by atoms with Gasteiger partial charge in [0.15, 0.2) is 0 Å². The maximum absolute atomic E-state index is 14.6. The number of amides is 5. The molecule has 4 atom stereocenters. The van der Waals surface area contributed by atoms with Crippen LogP contribution in [0.15, 0.2) is 0 Å². The molecule has 0 N–H and O–H groups in total. The zero-order chi connectivity index (χ0) is 44.9. The van der Waals surface area contributed by atoms with Crippen LogP contribution in [0.3, 0.4) is 0 Å². The van der Waals surface area contributed by atoms with E-state index in [1.54, 1.807) is 25.7 Å². The highest BCUT2D eigenvalue weighted by atomic mass is 16.6. The first-order valence-corrected chi connectivity index (χ1v) is 20.3. The van der Waals surface area contributed by atoms with Crippen LogP contribution in [0.25, 0.3) is 0 Å². The molecule has 0 aliphatic carbocycles. The molecule has 326 valence electrons. The summed E-state index contributed by atoms with van der Waals surface area (Å²) >= 11 is 0. The lowest BCUT2D eigenvalue weighted by atomic mass is 9.86. The average Bonchev–Trinajstić information content (AvgIpc) is 2.97. The van der Waals surface area contributed by atoms with Crippen molar-refractivity contribution < 1.29 is 33.5 Å². The van der Waals surface area contributed by atoms with Crippen molar-refractivity contribution in [2.24, 2.45) is 21.7 Å². The van der Waals surface area contributed by atoms with Crippen molar-refractivity contribution in [2.75, 3.05) is 32.7 Å². The summed E-state index contributed by atoms with van der Waals surface area (Å²) in [7, 11) is 0. The van der Waals surface area contributed by atoms with Crippen LogP contribution in [0.5, 0.6) is 0 Å². The van der Waals surface area contributed by atoms with Crippen molar-refractivity contribution in [3.63, 3.8) is 0 Å². The number of nitrogens with zero attached hydrogens (tertiary/aromatic N) is 5. The second-order valence-electron chi connectivity index (χ2n) is 22.1. The number of carbonyl (C=O) groups excluding carboxylic acids is 6. The molecule has 5 amide bonds. The lowest BCUT2D eigenvalue weighted by molar-refractivity contribution is -0.162. The summed E-state index contributed by atoms with van der Waals surface area (Å²) in [6.07, 6.45) is 0. The minimum atomic E-state index is -0.844. The van der Waals surface area contributed by atoms with Crippen molar-refractivity contribution in [3.05, 3.63) is 0 Å². The molecule has 0 aliphatic rings.